The maximum Gasteiger partial charge on any atom is 0.237 e. The normalized spacial score (nSPS) is 20.7. The molecule has 2 N–H and O–H groups in total. The second-order valence-electron chi connectivity index (χ2n) is 4.23. The predicted octanol–water partition coefficient (Wildman–Crippen LogP) is 1.35. The Balaban J connectivity index is 1.78. The summed E-state index contributed by atoms with van der Waals surface area (Å²) in [6, 6.07) is 3.77. The standard InChI is InChI=1S/C12H18N2O2/c1-9-5-6-10(16-9)8-14-12(15)11-4-2-3-7-13-11/h5-6,11,13H,2-4,7-8H2,1H3,(H,14,15). The molecular formula is C12H18N2O2. The van der Waals surface area contributed by atoms with E-state index in [4.69, 9.17) is 4.42 Å². The third-order valence-electron chi connectivity index (χ3n) is 2.86. The molecule has 1 amide bonds. The number of furan rings is 1. The molecule has 1 unspecified atom stereocenters. The van der Waals surface area contributed by atoms with E-state index in [1.54, 1.807) is 0 Å². The number of carbonyl (C=O) groups is 1. The largest absolute Gasteiger partial charge is 0.465 e. The molecule has 0 bridgehead atoms. The number of hydrogen-bond donors (Lipinski definition) is 2. The number of piperidine rings is 1. The van der Waals surface area contributed by atoms with E-state index in [0.717, 1.165) is 30.9 Å². The van der Waals surface area contributed by atoms with Crippen molar-refractivity contribution in [1.82, 2.24) is 10.6 Å². The summed E-state index contributed by atoms with van der Waals surface area (Å²) in [6.45, 7) is 3.32. The summed E-state index contributed by atoms with van der Waals surface area (Å²) in [6.07, 6.45) is 3.23. The highest BCUT2D eigenvalue weighted by Gasteiger charge is 2.20. The second kappa shape index (κ2) is 5.16. The van der Waals surface area contributed by atoms with Crippen LogP contribution in [0.1, 0.15) is 30.8 Å². The summed E-state index contributed by atoms with van der Waals surface area (Å²) in [5, 5.41) is 6.10. The number of carbonyl (C=O) groups excluding carboxylic acids is 1. The molecular weight excluding hydrogens is 204 g/mol. The van der Waals surface area contributed by atoms with E-state index in [1.165, 1.54) is 6.42 Å². The Hall–Kier alpha value is -1.29. The fourth-order valence-corrected chi connectivity index (χ4v) is 1.95. The Kier molecular flexibility index (Phi) is 3.62. The molecule has 16 heavy (non-hydrogen) atoms. The van der Waals surface area contributed by atoms with E-state index >= 15 is 0 Å². The summed E-state index contributed by atoms with van der Waals surface area (Å²) in [7, 11) is 0. The van der Waals surface area contributed by atoms with Gasteiger partial charge in [0.2, 0.25) is 5.91 Å². The van der Waals surface area contributed by atoms with E-state index in [2.05, 4.69) is 10.6 Å². The second-order valence-corrected chi connectivity index (χ2v) is 4.23. The van der Waals surface area contributed by atoms with Gasteiger partial charge in [-0.15, -0.1) is 0 Å². The molecule has 2 heterocycles. The highest BCUT2D eigenvalue weighted by molar-refractivity contribution is 5.81. The van der Waals surface area contributed by atoms with Crippen LogP contribution in [-0.4, -0.2) is 18.5 Å². The molecule has 2 rings (SSSR count). The zero-order valence-corrected chi connectivity index (χ0v) is 9.58. The van der Waals surface area contributed by atoms with Gasteiger partial charge in [0.05, 0.1) is 12.6 Å². The van der Waals surface area contributed by atoms with Crippen LogP contribution in [0, 0.1) is 6.92 Å². The van der Waals surface area contributed by atoms with Gasteiger partial charge in [-0.05, 0) is 38.4 Å². The number of amides is 1. The van der Waals surface area contributed by atoms with Crippen LogP contribution in [0.3, 0.4) is 0 Å². The summed E-state index contributed by atoms with van der Waals surface area (Å²) in [4.78, 5) is 11.8. The molecule has 1 aromatic rings. The first-order chi connectivity index (χ1) is 7.75. The molecule has 1 saturated heterocycles. The summed E-state index contributed by atoms with van der Waals surface area (Å²) < 4.78 is 5.39. The predicted molar refractivity (Wildman–Crippen MR) is 60.9 cm³/mol. The van der Waals surface area contributed by atoms with Crippen molar-refractivity contribution in [3.8, 4) is 0 Å². The number of nitrogens with one attached hydrogen (secondary N) is 2. The molecule has 0 aromatic carbocycles. The monoisotopic (exact) mass is 222 g/mol. The fourth-order valence-electron chi connectivity index (χ4n) is 1.95. The van der Waals surface area contributed by atoms with Gasteiger partial charge in [0.1, 0.15) is 11.5 Å². The van der Waals surface area contributed by atoms with E-state index in [-0.39, 0.29) is 11.9 Å². The van der Waals surface area contributed by atoms with Crippen LogP contribution in [-0.2, 0) is 11.3 Å². The molecule has 0 radical (unpaired) electrons. The van der Waals surface area contributed by atoms with Crippen LogP contribution < -0.4 is 10.6 Å². The minimum Gasteiger partial charge on any atom is -0.465 e. The SMILES string of the molecule is Cc1ccc(CNC(=O)C2CCCCN2)o1. The van der Waals surface area contributed by atoms with Crippen molar-refractivity contribution in [2.45, 2.75) is 38.8 Å². The summed E-state index contributed by atoms with van der Waals surface area (Å²) >= 11 is 0. The van der Waals surface area contributed by atoms with Gasteiger partial charge in [0.15, 0.2) is 0 Å². The molecule has 1 aliphatic heterocycles. The number of rotatable bonds is 3. The Morgan fingerprint density at radius 1 is 1.56 bits per heavy atom. The number of aryl methyl sites for hydroxylation is 1. The van der Waals surface area contributed by atoms with Crippen molar-refractivity contribution in [3.63, 3.8) is 0 Å². The minimum atomic E-state index is -0.0233. The Labute approximate surface area is 95.4 Å². The van der Waals surface area contributed by atoms with Gasteiger partial charge in [-0.1, -0.05) is 6.42 Å². The maximum atomic E-state index is 11.8. The average molecular weight is 222 g/mol. The van der Waals surface area contributed by atoms with Crippen molar-refractivity contribution >= 4 is 5.91 Å². The smallest absolute Gasteiger partial charge is 0.237 e. The van der Waals surface area contributed by atoms with E-state index < -0.39 is 0 Å². The van der Waals surface area contributed by atoms with E-state index in [0.29, 0.717) is 6.54 Å². The highest BCUT2D eigenvalue weighted by Crippen LogP contribution is 2.08. The molecule has 1 aromatic heterocycles. The molecule has 1 atom stereocenters. The Morgan fingerprint density at radius 3 is 3.06 bits per heavy atom. The maximum absolute atomic E-state index is 11.8. The van der Waals surface area contributed by atoms with Crippen LogP contribution in [0.4, 0.5) is 0 Å². The van der Waals surface area contributed by atoms with Crippen LogP contribution in [0.25, 0.3) is 0 Å². The lowest BCUT2D eigenvalue weighted by molar-refractivity contribution is -0.123. The molecule has 0 saturated carbocycles. The van der Waals surface area contributed by atoms with Crippen molar-refractivity contribution in [1.29, 1.82) is 0 Å². The van der Waals surface area contributed by atoms with Crippen molar-refractivity contribution in [2.24, 2.45) is 0 Å². The topological polar surface area (TPSA) is 54.3 Å². The van der Waals surface area contributed by atoms with Crippen molar-refractivity contribution in [2.75, 3.05) is 6.54 Å². The molecule has 4 heteroatoms. The van der Waals surface area contributed by atoms with Crippen molar-refractivity contribution in [3.05, 3.63) is 23.7 Å². The Bertz CT molecular complexity index is 354. The van der Waals surface area contributed by atoms with Gasteiger partial charge in [-0.3, -0.25) is 4.79 Å². The molecule has 1 aliphatic rings. The molecule has 0 spiro atoms. The van der Waals surface area contributed by atoms with Gasteiger partial charge >= 0.3 is 0 Å². The lowest BCUT2D eigenvalue weighted by Gasteiger charge is -2.22. The van der Waals surface area contributed by atoms with Gasteiger partial charge in [-0.25, -0.2) is 0 Å². The fraction of sp³-hybridized carbons (Fsp3) is 0.583. The van der Waals surface area contributed by atoms with Gasteiger partial charge in [-0.2, -0.15) is 0 Å². The van der Waals surface area contributed by atoms with Crippen LogP contribution in [0.2, 0.25) is 0 Å². The first-order valence-corrected chi connectivity index (χ1v) is 5.82. The first-order valence-electron chi connectivity index (χ1n) is 5.82. The van der Waals surface area contributed by atoms with Crippen LogP contribution in [0.5, 0.6) is 0 Å². The summed E-state index contributed by atoms with van der Waals surface area (Å²) in [5.74, 6) is 1.76. The minimum absolute atomic E-state index is 0.0233. The lowest BCUT2D eigenvalue weighted by atomic mass is 10.0. The molecule has 1 fully saturated rings. The zero-order chi connectivity index (χ0) is 11.4. The van der Waals surface area contributed by atoms with Gasteiger partial charge in [0, 0.05) is 0 Å². The highest BCUT2D eigenvalue weighted by atomic mass is 16.3. The first kappa shape index (κ1) is 11.2. The van der Waals surface area contributed by atoms with Gasteiger partial charge < -0.3 is 15.1 Å². The van der Waals surface area contributed by atoms with E-state index in [9.17, 15) is 4.79 Å². The summed E-state index contributed by atoms with van der Waals surface area (Å²) in [5.41, 5.74) is 0. The number of hydrogen-bond acceptors (Lipinski definition) is 3. The van der Waals surface area contributed by atoms with Gasteiger partial charge in [0.25, 0.3) is 0 Å². The molecule has 88 valence electrons. The quantitative estimate of drug-likeness (QED) is 0.811. The zero-order valence-electron chi connectivity index (χ0n) is 9.58. The molecule has 0 aliphatic carbocycles. The van der Waals surface area contributed by atoms with Crippen LogP contribution in [0.15, 0.2) is 16.5 Å². The molecule has 4 nitrogen and oxygen atoms in total. The average Bonchev–Trinajstić information content (AvgIpc) is 2.73. The van der Waals surface area contributed by atoms with E-state index in [1.807, 2.05) is 19.1 Å². The third kappa shape index (κ3) is 2.85. The lowest BCUT2D eigenvalue weighted by Crippen LogP contribution is -2.46. The Morgan fingerprint density at radius 2 is 2.44 bits per heavy atom. The van der Waals surface area contributed by atoms with Crippen LogP contribution >= 0.6 is 0 Å². The van der Waals surface area contributed by atoms with Crippen molar-refractivity contribution < 1.29 is 9.21 Å². The third-order valence-corrected chi connectivity index (χ3v) is 2.86.